The van der Waals surface area contributed by atoms with E-state index in [1.165, 1.54) is 4.90 Å². The molecule has 2 heterocycles. The van der Waals surface area contributed by atoms with Crippen molar-refractivity contribution in [1.29, 1.82) is 0 Å². The maximum Gasteiger partial charge on any atom is 0.295 e. The summed E-state index contributed by atoms with van der Waals surface area (Å²) in [6.45, 7) is 6.58. The maximum atomic E-state index is 13.4. The van der Waals surface area contributed by atoms with E-state index >= 15 is 0 Å². The fourth-order valence-electron chi connectivity index (χ4n) is 4.77. The zero-order chi connectivity index (χ0) is 26.3. The number of para-hydroxylation sites is 1. The first-order chi connectivity index (χ1) is 17.7. The number of carbonyl (C=O) groups is 2. The summed E-state index contributed by atoms with van der Waals surface area (Å²) >= 11 is 0. The molecular formula is C30H29NO6. The Morgan fingerprint density at radius 2 is 1.70 bits per heavy atom. The van der Waals surface area contributed by atoms with Crippen LogP contribution in [-0.2, 0) is 21.5 Å². The molecular weight excluding hydrogens is 470 g/mol. The highest BCUT2D eigenvalue weighted by molar-refractivity contribution is 6.46. The molecule has 0 saturated carbocycles. The molecule has 1 atom stereocenters. The van der Waals surface area contributed by atoms with Crippen molar-refractivity contribution in [3.05, 3.63) is 94.6 Å². The minimum Gasteiger partial charge on any atom is -0.507 e. The molecule has 1 amide bonds. The van der Waals surface area contributed by atoms with Crippen LogP contribution in [0.15, 0.2) is 72.3 Å². The van der Waals surface area contributed by atoms with Gasteiger partial charge in [0.1, 0.15) is 11.5 Å². The van der Waals surface area contributed by atoms with Crippen LogP contribution in [0.2, 0.25) is 0 Å². The van der Waals surface area contributed by atoms with Gasteiger partial charge in [0.15, 0.2) is 11.5 Å². The standard InChI is InChI=1S/C30H29NO6/c1-30(2,3)21-12-9-18(10-13-21)26-25(27(32)19-11-14-23-24(15-19)37-17-36-23)28(33)29(34)31(26)16-20-7-5-6-8-22(20)35-4/h5-15,26,32H,16-17H2,1-4H3/b27-25-. The summed E-state index contributed by atoms with van der Waals surface area (Å²) in [6, 6.07) is 19.4. The van der Waals surface area contributed by atoms with E-state index in [4.69, 9.17) is 14.2 Å². The number of methoxy groups -OCH3 is 1. The Morgan fingerprint density at radius 3 is 2.41 bits per heavy atom. The van der Waals surface area contributed by atoms with Crippen molar-refractivity contribution in [2.45, 2.75) is 38.8 Å². The lowest BCUT2D eigenvalue weighted by Crippen LogP contribution is -2.29. The van der Waals surface area contributed by atoms with Gasteiger partial charge in [-0.25, -0.2) is 0 Å². The van der Waals surface area contributed by atoms with E-state index in [1.807, 2.05) is 48.5 Å². The van der Waals surface area contributed by atoms with Gasteiger partial charge in [-0.1, -0.05) is 63.2 Å². The summed E-state index contributed by atoms with van der Waals surface area (Å²) in [6.07, 6.45) is 0. The lowest BCUT2D eigenvalue weighted by Gasteiger charge is -2.27. The number of Topliss-reactive ketones (excluding diaryl/α,β-unsaturated/α-hetero) is 1. The molecule has 1 fully saturated rings. The number of rotatable bonds is 5. The van der Waals surface area contributed by atoms with E-state index < -0.39 is 17.7 Å². The molecule has 0 bridgehead atoms. The Labute approximate surface area is 215 Å². The largest absolute Gasteiger partial charge is 0.507 e. The highest BCUT2D eigenvalue weighted by Gasteiger charge is 2.46. The van der Waals surface area contributed by atoms with Gasteiger partial charge < -0.3 is 24.2 Å². The predicted octanol–water partition coefficient (Wildman–Crippen LogP) is 5.34. The second kappa shape index (κ2) is 9.32. The van der Waals surface area contributed by atoms with Gasteiger partial charge in [0, 0.05) is 11.1 Å². The lowest BCUT2D eigenvalue weighted by atomic mass is 9.85. The van der Waals surface area contributed by atoms with Gasteiger partial charge in [-0.05, 0) is 40.8 Å². The van der Waals surface area contributed by atoms with Gasteiger partial charge in [0.25, 0.3) is 11.7 Å². The molecule has 7 nitrogen and oxygen atoms in total. The van der Waals surface area contributed by atoms with Gasteiger partial charge in [-0.15, -0.1) is 0 Å². The van der Waals surface area contributed by atoms with Crippen molar-refractivity contribution in [2.75, 3.05) is 13.9 Å². The average molecular weight is 500 g/mol. The molecule has 190 valence electrons. The Bertz CT molecular complexity index is 1400. The van der Waals surface area contributed by atoms with Crippen molar-refractivity contribution in [2.24, 2.45) is 0 Å². The molecule has 0 aliphatic carbocycles. The van der Waals surface area contributed by atoms with Gasteiger partial charge >= 0.3 is 0 Å². The van der Waals surface area contributed by atoms with E-state index in [9.17, 15) is 14.7 Å². The molecule has 5 rings (SSSR count). The molecule has 3 aromatic carbocycles. The summed E-state index contributed by atoms with van der Waals surface area (Å²) in [7, 11) is 1.56. The Morgan fingerprint density at radius 1 is 1.00 bits per heavy atom. The number of aliphatic hydroxyl groups is 1. The third-order valence-corrected chi connectivity index (χ3v) is 6.81. The number of benzene rings is 3. The third-order valence-electron chi connectivity index (χ3n) is 6.81. The van der Waals surface area contributed by atoms with Gasteiger partial charge in [-0.2, -0.15) is 0 Å². The van der Waals surface area contributed by atoms with Crippen LogP contribution in [0.25, 0.3) is 5.76 Å². The molecule has 0 spiro atoms. The van der Waals surface area contributed by atoms with Crippen LogP contribution >= 0.6 is 0 Å². The summed E-state index contributed by atoms with van der Waals surface area (Å²) in [5.41, 5.74) is 2.94. The molecule has 1 unspecified atom stereocenters. The van der Waals surface area contributed by atoms with Crippen LogP contribution in [0.3, 0.4) is 0 Å². The average Bonchev–Trinajstić information content (AvgIpc) is 3.46. The summed E-state index contributed by atoms with van der Waals surface area (Å²) < 4.78 is 16.3. The normalized spacial score (nSPS) is 18.4. The second-order valence-electron chi connectivity index (χ2n) is 10.2. The van der Waals surface area contributed by atoms with E-state index in [0.717, 1.165) is 16.7 Å². The maximum absolute atomic E-state index is 13.4. The minimum atomic E-state index is -0.788. The highest BCUT2D eigenvalue weighted by atomic mass is 16.7. The second-order valence-corrected chi connectivity index (χ2v) is 10.2. The van der Waals surface area contributed by atoms with Crippen LogP contribution in [-0.4, -0.2) is 35.6 Å². The quantitative estimate of drug-likeness (QED) is 0.290. The summed E-state index contributed by atoms with van der Waals surface area (Å²) in [4.78, 5) is 28.3. The number of likely N-dealkylation sites (tertiary alicyclic amines) is 1. The zero-order valence-electron chi connectivity index (χ0n) is 21.3. The molecule has 1 N–H and O–H groups in total. The Balaban J connectivity index is 1.64. The number of carbonyl (C=O) groups excluding carboxylic acids is 2. The first kappa shape index (κ1) is 24.4. The van der Waals surface area contributed by atoms with E-state index in [-0.39, 0.29) is 30.1 Å². The SMILES string of the molecule is COc1ccccc1CN1C(=O)C(=O)/C(=C(\O)c2ccc3c(c2)OCO3)C1c1ccc(C(C)(C)C)cc1. The third kappa shape index (κ3) is 4.42. The fraction of sp³-hybridized carbons (Fsp3) is 0.267. The van der Waals surface area contributed by atoms with Gasteiger partial charge in [0.05, 0.1) is 25.3 Å². The zero-order valence-corrected chi connectivity index (χ0v) is 21.3. The number of amides is 1. The molecule has 2 aliphatic heterocycles. The number of ether oxygens (including phenoxy) is 3. The van der Waals surface area contributed by atoms with Gasteiger partial charge in [0.2, 0.25) is 6.79 Å². The number of hydrogen-bond acceptors (Lipinski definition) is 6. The highest BCUT2D eigenvalue weighted by Crippen LogP contribution is 2.43. The number of hydrogen-bond donors (Lipinski definition) is 1. The van der Waals surface area contributed by atoms with E-state index in [1.54, 1.807) is 25.3 Å². The van der Waals surface area contributed by atoms with Crippen molar-refractivity contribution in [3.8, 4) is 17.2 Å². The molecule has 2 aliphatic rings. The summed E-state index contributed by atoms with van der Waals surface area (Å²) in [5, 5.41) is 11.4. The Hall–Kier alpha value is -4.26. The number of nitrogens with zero attached hydrogens (tertiary/aromatic N) is 1. The molecule has 37 heavy (non-hydrogen) atoms. The van der Waals surface area contributed by atoms with Crippen LogP contribution in [0.1, 0.15) is 49.1 Å². The number of aliphatic hydroxyl groups excluding tert-OH is 1. The first-order valence-corrected chi connectivity index (χ1v) is 12.1. The van der Waals surface area contributed by atoms with E-state index in [2.05, 4.69) is 20.8 Å². The molecule has 7 heteroatoms. The van der Waals surface area contributed by atoms with Crippen LogP contribution in [0.4, 0.5) is 0 Å². The number of fused-ring (bicyclic) bond motifs is 1. The molecule has 0 aromatic heterocycles. The fourth-order valence-corrected chi connectivity index (χ4v) is 4.77. The predicted molar refractivity (Wildman–Crippen MR) is 139 cm³/mol. The number of ketones is 1. The minimum absolute atomic E-state index is 0.0299. The van der Waals surface area contributed by atoms with Crippen molar-refractivity contribution in [1.82, 2.24) is 4.90 Å². The van der Waals surface area contributed by atoms with Crippen LogP contribution < -0.4 is 14.2 Å². The smallest absolute Gasteiger partial charge is 0.295 e. The van der Waals surface area contributed by atoms with Crippen molar-refractivity contribution in [3.63, 3.8) is 0 Å². The lowest BCUT2D eigenvalue weighted by molar-refractivity contribution is -0.140. The van der Waals surface area contributed by atoms with E-state index in [0.29, 0.717) is 22.8 Å². The van der Waals surface area contributed by atoms with Crippen LogP contribution in [0, 0.1) is 0 Å². The molecule has 1 saturated heterocycles. The topological polar surface area (TPSA) is 85.3 Å². The Kier molecular flexibility index (Phi) is 6.15. The molecule has 3 aromatic rings. The monoisotopic (exact) mass is 499 g/mol. The molecule has 0 radical (unpaired) electrons. The van der Waals surface area contributed by atoms with Crippen molar-refractivity contribution < 1.29 is 28.9 Å². The summed E-state index contributed by atoms with van der Waals surface area (Å²) in [5.74, 6) is -0.0417. The first-order valence-electron chi connectivity index (χ1n) is 12.1. The van der Waals surface area contributed by atoms with Gasteiger partial charge in [-0.3, -0.25) is 9.59 Å². The van der Waals surface area contributed by atoms with Crippen molar-refractivity contribution >= 4 is 17.4 Å². The van der Waals surface area contributed by atoms with Crippen LogP contribution in [0.5, 0.6) is 17.2 Å².